The van der Waals surface area contributed by atoms with Gasteiger partial charge in [-0.25, -0.2) is 4.98 Å². The van der Waals surface area contributed by atoms with Crippen molar-refractivity contribution in [2.24, 2.45) is 5.73 Å². The highest BCUT2D eigenvalue weighted by molar-refractivity contribution is 5.81. The van der Waals surface area contributed by atoms with Gasteiger partial charge in [-0.2, -0.15) is 0 Å². The van der Waals surface area contributed by atoms with Crippen molar-refractivity contribution in [3.63, 3.8) is 0 Å². The van der Waals surface area contributed by atoms with Gasteiger partial charge >= 0.3 is 0 Å². The summed E-state index contributed by atoms with van der Waals surface area (Å²) in [6.45, 7) is 3.54. The van der Waals surface area contributed by atoms with Crippen LogP contribution in [0.15, 0.2) is 18.7 Å². The summed E-state index contributed by atoms with van der Waals surface area (Å²) in [7, 11) is 0. The Morgan fingerprint density at radius 3 is 3.00 bits per heavy atom. The van der Waals surface area contributed by atoms with Crippen molar-refractivity contribution < 1.29 is 4.79 Å². The quantitative estimate of drug-likeness (QED) is 0.663. The van der Waals surface area contributed by atoms with Crippen molar-refractivity contribution >= 4 is 5.91 Å². The van der Waals surface area contributed by atoms with Gasteiger partial charge in [0.2, 0.25) is 5.91 Å². The van der Waals surface area contributed by atoms with E-state index in [1.807, 2.05) is 17.7 Å². The summed E-state index contributed by atoms with van der Waals surface area (Å²) in [5.74, 6) is -0.0508. The third-order valence-electron chi connectivity index (χ3n) is 2.48. The van der Waals surface area contributed by atoms with Crippen LogP contribution in [-0.4, -0.2) is 28.0 Å². The lowest BCUT2D eigenvalue weighted by Gasteiger charge is -2.09. The Balaban J connectivity index is 2.02. The lowest BCUT2D eigenvalue weighted by atomic mass is 10.2. The summed E-state index contributed by atoms with van der Waals surface area (Å²) >= 11 is 0. The van der Waals surface area contributed by atoms with Crippen molar-refractivity contribution in [3.8, 4) is 0 Å². The van der Waals surface area contributed by atoms with Crippen LogP contribution in [0.3, 0.4) is 0 Å². The van der Waals surface area contributed by atoms with Gasteiger partial charge in [-0.1, -0.05) is 6.92 Å². The van der Waals surface area contributed by atoms with Crippen LogP contribution in [0, 0.1) is 0 Å². The molecule has 1 aromatic rings. The molecule has 16 heavy (non-hydrogen) atoms. The highest BCUT2D eigenvalue weighted by Gasteiger charge is 2.08. The predicted octanol–water partition coefficient (Wildman–Crippen LogP) is 0.517. The van der Waals surface area contributed by atoms with Crippen molar-refractivity contribution in [3.05, 3.63) is 18.7 Å². The van der Waals surface area contributed by atoms with E-state index in [9.17, 15) is 4.79 Å². The Kier molecular flexibility index (Phi) is 5.56. The number of hydrogen-bond acceptors (Lipinski definition) is 3. The molecule has 1 heterocycles. The number of hydrogen-bond donors (Lipinski definition) is 2. The molecule has 1 atom stereocenters. The minimum Gasteiger partial charge on any atom is -0.355 e. The Morgan fingerprint density at radius 2 is 2.38 bits per heavy atom. The van der Waals surface area contributed by atoms with Crippen LogP contribution in [0.25, 0.3) is 0 Å². The number of aryl methyl sites for hydroxylation is 1. The summed E-state index contributed by atoms with van der Waals surface area (Å²) in [6.07, 6.45) is 8.17. The van der Waals surface area contributed by atoms with E-state index >= 15 is 0 Å². The molecule has 3 N–H and O–H groups in total. The lowest BCUT2D eigenvalue weighted by molar-refractivity contribution is -0.122. The van der Waals surface area contributed by atoms with Crippen molar-refractivity contribution in [2.75, 3.05) is 6.54 Å². The minimum atomic E-state index is -0.367. The fourth-order valence-electron chi connectivity index (χ4n) is 1.37. The highest BCUT2D eigenvalue weighted by Crippen LogP contribution is 1.94. The van der Waals surface area contributed by atoms with E-state index in [0.29, 0.717) is 13.0 Å². The third-order valence-corrected chi connectivity index (χ3v) is 2.48. The largest absolute Gasteiger partial charge is 0.355 e. The molecule has 0 bridgehead atoms. The zero-order valence-corrected chi connectivity index (χ0v) is 9.72. The second-order valence-corrected chi connectivity index (χ2v) is 3.81. The molecule has 5 heteroatoms. The maximum atomic E-state index is 11.3. The third kappa shape index (κ3) is 4.44. The van der Waals surface area contributed by atoms with Crippen LogP contribution in [0.1, 0.15) is 26.2 Å². The summed E-state index contributed by atoms with van der Waals surface area (Å²) < 4.78 is 2.03. The number of nitrogens with two attached hydrogens (primary N) is 1. The molecule has 0 aliphatic rings. The van der Waals surface area contributed by atoms with Crippen molar-refractivity contribution in [1.82, 2.24) is 14.9 Å². The van der Waals surface area contributed by atoms with E-state index in [0.717, 1.165) is 19.4 Å². The molecular weight excluding hydrogens is 204 g/mol. The number of imidazole rings is 1. The fourth-order valence-corrected chi connectivity index (χ4v) is 1.37. The first-order valence-corrected chi connectivity index (χ1v) is 5.73. The Bertz CT molecular complexity index is 297. The van der Waals surface area contributed by atoms with E-state index < -0.39 is 0 Å². The minimum absolute atomic E-state index is 0.0508. The molecule has 90 valence electrons. The molecule has 0 radical (unpaired) electrons. The molecule has 0 fully saturated rings. The number of amides is 1. The molecule has 0 spiro atoms. The van der Waals surface area contributed by atoms with Gasteiger partial charge in [0.15, 0.2) is 0 Å². The molecule has 0 aliphatic carbocycles. The summed E-state index contributed by atoms with van der Waals surface area (Å²) in [4.78, 5) is 15.3. The molecule has 1 rings (SSSR count). The monoisotopic (exact) mass is 224 g/mol. The molecule has 0 saturated carbocycles. The predicted molar refractivity (Wildman–Crippen MR) is 62.7 cm³/mol. The van der Waals surface area contributed by atoms with Crippen LogP contribution in [0.4, 0.5) is 0 Å². The van der Waals surface area contributed by atoms with Gasteiger partial charge in [0.05, 0.1) is 12.4 Å². The first-order valence-electron chi connectivity index (χ1n) is 5.73. The average Bonchev–Trinajstić information content (AvgIpc) is 2.80. The maximum absolute atomic E-state index is 11.3. The first-order chi connectivity index (χ1) is 7.74. The van der Waals surface area contributed by atoms with E-state index in [-0.39, 0.29) is 11.9 Å². The second-order valence-electron chi connectivity index (χ2n) is 3.81. The van der Waals surface area contributed by atoms with Gasteiger partial charge in [-0.3, -0.25) is 4.79 Å². The topological polar surface area (TPSA) is 72.9 Å². The molecule has 0 aromatic carbocycles. The highest BCUT2D eigenvalue weighted by atomic mass is 16.2. The summed E-state index contributed by atoms with van der Waals surface area (Å²) in [5.41, 5.74) is 5.58. The number of carbonyl (C=O) groups excluding carboxylic acids is 1. The molecule has 1 unspecified atom stereocenters. The SMILES string of the molecule is CCC(N)C(=O)NCCCCn1ccnc1. The van der Waals surface area contributed by atoms with Crippen LogP contribution >= 0.6 is 0 Å². The molecule has 1 aromatic heterocycles. The summed E-state index contributed by atoms with van der Waals surface area (Å²) in [6, 6.07) is -0.367. The zero-order valence-electron chi connectivity index (χ0n) is 9.72. The van der Waals surface area contributed by atoms with Gasteiger partial charge in [-0.05, 0) is 19.3 Å². The lowest BCUT2D eigenvalue weighted by Crippen LogP contribution is -2.40. The van der Waals surface area contributed by atoms with Crippen molar-refractivity contribution in [1.29, 1.82) is 0 Å². The van der Waals surface area contributed by atoms with Crippen LogP contribution < -0.4 is 11.1 Å². The number of nitrogens with zero attached hydrogens (tertiary/aromatic N) is 2. The molecular formula is C11H20N4O. The molecule has 0 saturated heterocycles. The Hall–Kier alpha value is -1.36. The first kappa shape index (κ1) is 12.7. The Morgan fingerprint density at radius 1 is 1.56 bits per heavy atom. The second kappa shape index (κ2) is 7.00. The normalized spacial score (nSPS) is 12.4. The van der Waals surface area contributed by atoms with Crippen LogP contribution in [0.2, 0.25) is 0 Å². The Labute approximate surface area is 96.0 Å². The van der Waals surface area contributed by atoms with Gasteiger partial charge in [0.25, 0.3) is 0 Å². The van der Waals surface area contributed by atoms with E-state index in [1.165, 1.54) is 0 Å². The number of unbranched alkanes of at least 4 members (excludes halogenated alkanes) is 1. The van der Waals surface area contributed by atoms with E-state index in [4.69, 9.17) is 5.73 Å². The zero-order chi connectivity index (χ0) is 11.8. The number of rotatable bonds is 7. The number of aromatic nitrogens is 2. The van der Waals surface area contributed by atoms with Gasteiger partial charge in [0, 0.05) is 25.5 Å². The van der Waals surface area contributed by atoms with Gasteiger partial charge < -0.3 is 15.6 Å². The summed E-state index contributed by atoms with van der Waals surface area (Å²) in [5, 5.41) is 2.82. The standard InChI is InChI=1S/C11H20N4O/c1-2-10(12)11(16)14-5-3-4-7-15-8-6-13-9-15/h6,8-10H,2-5,7,12H2,1H3,(H,14,16). The van der Waals surface area contributed by atoms with Crippen molar-refractivity contribution in [2.45, 2.75) is 38.8 Å². The molecule has 0 aliphatic heterocycles. The number of carbonyl (C=O) groups is 1. The fraction of sp³-hybridized carbons (Fsp3) is 0.636. The van der Waals surface area contributed by atoms with Crippen LogP contribution in [0.5, 0.6) is 0 Å². The molecule has 5 nitrogen and oxygen atoms in total. The number of nitrogens with one attached hydrogen (secondary N) is 1. The molecule has 1 amide bonds. The van der Waals surface area contributed by atoms with Gasteiger partial charge in [0.1, 0.15) is 0 Å². The van der Waals surface area contributed by atoms with E-state index in [2.05, 4.69) is 10.3 Å². The van der Waals surface area contributed by atoms with Crippen LogP contribution in [-0.2, 0) is 11.3 Å². The van der Waals surface area contributed by atoms with Gasteiger partial charge in [-0.15, -0.1) is 0 Å². The smallest absolute Gasteiger partial charge is 0.236 e. The average molecular weight is 224 g/mol. The van der Waals surface area contributed by atoms with E-state index in [1.54, 1.807) is 12.5 Å². The maximum Gasteiger partial charge on any atom is 0.236 e.